The molecule has 0 spiro atoms. The number of likely N-dealkylation sites (tertiary alicyclic amines) is 1. The molecule has 1 aromatic rings. The lowest BCUT2D eigenvalue weighted by atomic mass is 10.1. The molecule has 2 saturated heterocycles. The highest BCUT2D eigenvalue weighted by Gasteiger charge is 2.41. The van der Waals surface area contributed by atoms with E-state index in [9.17, 15) is 8.42 Å². The van der Waals surface area contributed by atoms with E-state index in [2.05, 4.69) is 4.90 Å². The summed E-state index contributed by atoms with van der Waals surface area (Å²) in [4.78, 5) is 2.75. The molecule has 6 heteroatoms. The Morgan fingerprint density at radius 3 is 2.57 bits per heavy atom. The van der Waals surface area contributed by atoms with Gasteiger partial charge in [0.25, 0.3) is 0 Å². The molecule has 2 fully saturated rings. The lowest BCUT2D eigenvalue weighted by Crippen LogP contribution is -2.44. The van der Waals surface area contributed by atoms with Gasteiger partial charge in [-0.15, -0.1) is 0 Å². The molecule has 0 radical (unpaired) electrons. The number of hydrogen-bond acceptors (Lipinski definition) is 4. The SMILES string of the molecule is CC1C(N2CCCC2)CCN1S(=O)(=O)c1cccc(N)c1. The second-order valence-corrected chi connectivity index (χ2v) is 7.92. The van der Waals surface area contributed by atoms with E-state index in [0.29, 0.717) is 23.2 Å². The Kier molecular flexibility index (Phi) is 3.94. The van der Waals surface area contributed by atoms with E-state index in [1.807, 2.05) is 6.92 Å². The van der Waals surface area contributed by atoms with Crippen LogP contribution < -0.4 is 5.73 Å². The van der Waals surface area contributed by atoms with Crippen molar-refractivity contribution in [2.45, 2.75) is 43.2 Å². The smallest absolute Gasteiger partial charge is 0.243 e. The largest absolute Gasteiger partial charge is 0.399 e. The van der Waals surface area contributed by atoms with Gasteiger partial charge < -0.3 is 5.73 Å². The first-order valence-corrected chi connectivity index (χ1v) is 9.05. The van der Waals surface area contributed by atoms with Crippen molar-refractivity contribution in [1.82, 2.24) is 9.21 Å². The van der Waals surface area contributed by atoms with Crippen molar-refractivity contribution >= 4 is 15.7 Å². The predicted molar refractivity (Wildman–Crippen MR) is 83.4 cm³/mol. The first-order valence-electron chi connectivity index (χ1n) is 7.61. The minimum atomic E-state index is -3.45. The topological polar surface area (TPSA) is 66.6 Å². The predicted octanol–water partition coefficient (Wildman–Crippen LogP) is 1.52. The van der Waals surface area contributed by atoms with Gasteiger partial charge >= 0.3 is 0 Å². The van der Waals surface area contributed by atoms with Crippen LogP contribution in [0.25, 0.3) is 0 Å². The van der Waals surface area contributed by atoms with E-state index < -0.39 is 10.0 Å². The molecule has 116 valence electrons. The molecule has 3 rings (SSSR count). The first-order chi connectivity index (χ1) is 10.00. The highest BCUT2D eigenvalue weighted by Crippen LogP contribution is 2.31. The maximum Gasteiger partial charge on any atom is 0.243 e. The summed E-state index contributed by atoms with van der Waals surface area (Å²) < 4.78 is 27.3. The second kappa shape index (κ2) is 5.59. The van der Waals surface area contributed by atoms with Crippen LogP contribution in [0.1, 0.15) is 26.2 Å². The quantitative estimate of drug-likeness (QED) is 0.860. The van der Waals surface area contributed by atoms with Crippen molar-refractivity contribution < 1.29 is 8.42 Å². The molecule has 2 aliphatic heterocycles. The molecule has 0 amide bonds. The number of anilines is 1. The monoisotopic (exact) mass is 309 g/mol. The number of benzene rings is 1. The van der Waals surface area contributed by atoms with E-state index in [-0.39, 0.29) is 6.04 Å². The molecule has 2 atom stereocenters. The van der Waals surface area contributed by atoms with E-state index in [1.54, 1.807) is 28.6 Å². The fraction of sp³-hybridized carbons (Fsp3) is 0.600. The van der Waals surface area contributed by atoms with Crippen molar-refractivity contribution in [2.24, 2.45) is 0 Å². The molecule has 2 unspecified atom stereocenters. The van der Waals surface area contributed by atoms with Gasteiger partial charge in [0.05, 0.1) is 4.90 Å². The molecule has 0 bridgehead atoms. The Morgan fingerprint density at radius 1 is 1.19 bits per heavy atom. The van der Waals surface area contributed by atoms with Crippen LogP contribution in [0.5, 0.6) is 0 Å². The number of nitrogens with zero attached hydrogens (tertiary/aromatic N) is 2. The van der Waals surface area contributed by atoms with Gasteiger partial charge in [-0.3, -0.25) is 4.90 Å². The van der Waals surface area contributed by atoms with Crippen molar-refractivity contribution in [1.29, 1.82) is 0 Å². The summed E-state index contributed by atoms with van der Waals surface area (Å²) in [6.45, 7) is 4.82. The van der Waals surface area contributed by atoms with Crippen LogP contribution in [0, 0.1) is 0 Å². The van der Waals surface area contributed by atoms with Crippen molar-refractivity contribution in [3.05, 3.63) is 24.3 Å². The Hall–Kier alpha value is -1.11. The van der Waals surface area contributed by atoms with Crippen LogP contribution in [0.3, 0.4) is 0 Å². The van der Waals surface area contributed by atoms with Crippen LogP contribution in [0.15, 0.2) is 29.2 Å². The molecule has 5 nitrogen and oxygen atoms in total. The zero-order chi connectivity index (χ0) is 15.0. The maximum atomic E-state index is 12.8. The third-order valence-electron chi connectivity index (χ3n) is 4.73. The van der Waals surface area contributed by atoms with Gasteiger partial charge in [-0.1, -0.05) is 6.07 Å². The fourth-order valence-electron chi connectivity index (χ4n) is 3.61. The summed E-state index contributed by atoms with van der Waals surface area (Å²) in [6, 6.07) is 6.95. The van der Waals surface area contributed by atoms with Crippen molar-refractivity contribution in [3.63, 3.8) is 0 Å². The van der Waals surface area contributed by atoms with Crippen LogP contribution in [0.4, 0.5) is 5.69 Å². The van der Waals surface area contributed by atoms with Gasteiger partial charge in [0.2, 0.25) is 10.0 Å². The number of rotatable bonds is 3. The van der Waals surface area contributed by atoms with Gasteiger partial charge in [0, 0.05) is 24.3 Å². The van der Waals surface area contributed by atoms with Crippen molar-refractivity contribution in [3.8, 4) is 0 Å². The molecule has 2 aliphatic rings. The molecule has 0 aliphatic carbocycles. The summed E-state index contributed by atoms with van der Waals surface area (Å²) in [6.07, 6.45) is 3.37. The third-order valence-corrected chi connectivity index (χ3v) is 6.71. The number of hydrogen-bond donors (Lipinski definition) is 1. The Labute approximate surface area is 126 Å². The number of nitrogen functional groups attached to an aromatic ring is 1. The molecule has 2 heterocycles. The van der Waals surface area contributed by atoms with Gasteiger partial charge in [0.1, 0.15) is 0 Å². The van der Waals surface area contributed by atoms with Crippen LogP contribution in [-0.4, -0.2) is 49.3 Å². The maximum absolute atomic E-state index is 12.8. The van der Waals surface area contributed by atoms with Crippen LogP contribution in [-0.2, 0) is 10.0 Å². The average molecular weight is 309 g/mol. The van der Waals surface area contributed by atoms with Gasteiger partial charge in [-0.05, 0) is 57.5 Å². The third kappa shape index (κ3) is 2.67. The minimum absolute atomic E-state index is 0.0227. The summed E-state index contributed by atoms with van der Waals surface area (Å²) in [5, 5.41) is 0. The van der Waals surface area contributed by atoms with Crippen LogP contribution in [0.2, 0.25) is 0 Å². The van der Waals surface area contributed by atoms with E-state index in [1.165, 1.54) is 12.8 Å². The second-order valence-electron chi connectivity index (χ2n) is 6.03. The molecule has 0 aromatic heterocycles. The normalized spacial score (nSPS) is 28.2. The molecule has 0 saturated carbocycles. The summed E-state index contributed by atoms with van der Waals surface area (Å²) in [5.41, 5.74) is 6.21. The summed E-state index contributed by atoms with van der Waals surface area (Å²) >= 11 is 0. The zero-order valence-electron chi connectivity index (χ0n) is 12.4. The molecule has 1 aromatic carbocycles. The standard InChI is InChI=1S/C15H23N3O2S/c1-12-15(17-8-2-3-9-17)7-10-18(12)21(19,20)14-6-4-5-13(16)11-14/h4-6,11-12,15H,2-3,7-10,16H2,1H3. The van der Waals surface area contributed by atoms with E-state index in [4.69, 9.17) is 5.73 Å². The molecular weight excluding hydrogens is 286 g/mol. The highest BCUT2D eigenvalue weighted by molar-refractivity contribution is 7.89. The summed E-state index contributed by atoms with van der Waals surface area (Å²) in [5.74, 6) is 0. The van der Waals surface area contributed by atoms with E-state index in [0.717, 1.165) is 19.5 Å². The molecule has 21 heavy (non-hydrogen) atoms. The first kappa shape index (κ1) is 14.8. The van der Waals surface area contributed by atoms with Gasteiger partial charge in [-0.25, -0.2) is 8.42 Å². The minimum Gasteiger partial charge on any atom is -0.399 e. The van der Waals surface area contributed by atoms with Gasteiger partial charge in [-0.2, -0.15) is 4.31 Å². The highest BCUT2D eigenvalue weighted by atomic mass is 32.2. The van der Waals surface area contributed by atoms with E-state index >= 15 is 0 Å². The fourth-order valence-corrected chi connectivity index (χ4v) is 5.34. The Morgan fingerprint density at radius 2 is 1.90 bits per heavy atom. The average Bonchev–Trinajstić information content (AvgIpc) is 3.07. The van der Waals surface area contributed by atoms with Gasteiger partial charge in [0.15, 0.2) is 0 Å². The lowest BCUT2D eigenvalue weighted by molar-refractivity contribution is 0.211. The van der Waals surface area contributed by atoms with Crippen molar-refractivity contribution in [2.75, 3.05) is 25.4 Å². The summed E-state index contributed by atoms with van der Waals surface area (Å²) in [7, 11) is -3.45. The zero-order valence-corrected chi connectivity index (χ0v) is 13.2. The number of sulfonamides is 1. The van der Waals surface area contributed by atoms with Crippen LogP contribution >= 0.6 is 0 Å². The lowest BCUT2D eigenvalue weighted by Gasteiger charge is -2.30. The Balaban J connectivity index is 1.83. The number of nitrogens with two attached hydrogens (primary N) is 1. The molecular formula is C15H23N3O2S. The Bertz CT molecular complexity index is 611. The molecule has 2 N–H and O–H groups in total.